The molecule has 13 nitrogen and oxygen atoms in total. The lowest BCUT2D eigenvalue weighted by Crippen LogP contribution is -2.63. The van der Waals surface area contributed by atoms with E-state index in [0.717, 1.165) is 20.8 Å². The minimum Gasteiger partial charge on any atom is -0.453 e. The van der Waals surface area contributed by atoms with E-state index in [4.69, 9.17) is 9.47 Å². The second-order valence-electron chi connectivity index (χ2n) is 10.7. The van der Waals surface area contributed by atoms with Crippen molar-refractivity contribution >= 4 is 45.3 Å². The lowest BCUT2D eigenvalue weighted by Gasteiger charge is -2.39. The first-order valence-corrected chi connectivity index (χ1v) is 16.0. The highest BCUT2D eigenvalue weighted by molar-refractivity contribution is 7.22. The van der Waals surface area contributed by atoms with E-state index in [1.54, 1.807) is 41.4 Å². The maximum absolute atomic E-state index is 15.1. The van der Waals surface area contributed by atoms with Crippen LogP contribution in [-0.4, -0.2) is 90.3 Å². The zero-order valence-electron chi connectivity index (χ0n) is 26.3. The Bertz CT molecular complexity index is 1710. The zero-order chi connectivity index (χ0) is 33.3. The number of amides is 6. The summed E-state index contributed by atoms with van der Waals surface area (Å²) in [7, 11) is 1.60. The highest BCUT2D eigenvalue weighted by Gasteiger charge is 2.31. The summed E-state index contributed by atoms with van der Waals surface area (Å²) in [6, 6.07) is 10.5. The van der Waals surface area contributed by atoms with Gasteiger partial charge in [0.2, 0.25) is 0 Å². The van der Waals surface area contributed by atoms with Gasteiger partial charge in [-0.3, -0.25) is 9.97 Å². The van der Waals surface area contributed by atoms with Crippen molar-refractivity contribution in [2.24, 2.45) is 0 Å². The molecule has 1 saturated heterocycles. The van der Waals surface area contributed by atoms with Crippen LogP contribution in [0.3, 0.4) is 0 Å². The number of pyridine rings is 2. The standard InChI is InChI=1S/C32H37FN8O5S/c1-4-34-31(43)40(12-13-45-3)17-20-6-8-24(37-16-20)28-15-25-29(47-28)27(10-11-36-25)46-26-9-7-21(14-23(26)33)38-30(42)39-22-18-41(19-22)32(44)35-5-2/h6-11,14-16,22H,4-5,12-13,17-19H2,1-3H3,(H,34,43)(H,35,44)(H2,38,39,42). The number of ether oxygens (including phenoxy) is 2. The van der Waals surface area contributed by atoms with Crippen LogP contribution in [-0.2, 0) is 11.3 Å². The molecule has 0 saturated carbocycles. The summed E-state index contributed by atoms with van der Waals surface area (Å²) >= 11 is 1.42. The molecular formula is C32H37FN8O5S. The topological polar surface area (TPSA) is 150 Å². The summed E-state index contributed by atoms with van der Waals surface area (Å²) in [6.07, 6.45) is 3.33. The third kappa shape index (κ3) is 8.42. The molecule has 5 rings (SSSR count). The van der Waals surface area contributed by atoms with E-state index in [2.05, 4.69) is 31.2 Å². The van der Waals surface area contributed by atoms with Crippen molar-refractivity contribution in [2.75, 3.05) is 51.8 Å². The quantitative estimate of drug-likeness (QED) is 0.166. The predicted molar refractivity (Wildman–Crippen MR) is 177 cm³/mol. The zero-order valence-corrected chi connectivity index (χ0v) is 27.2. The number of rotatable bonds is 12. The van der Waals surface area contributed by atoms with Gasteiger partial charge in [0, 0.05) is 76.6 Å². The minimum atomic E-state index is -0.653. The Morgan fingerprint density at radius 1 is 1.04 bits per heavy atom. The Balaban J connectivity index is 1.21. The first-order valence-electron chi connectivity index (χ1n) is 15.2. The van der Waals surface area contributed by atoms with E-state index in [-0.39, 0.29) is 29.5 Å². The monoisotopic (exact) mass is 664 g/mol. The van der Waals surface area contributed by atoms with Crippen LogP contribution in [0.5, 0.6) is 11.5 Å². The summed E-state index contributed by atoms with van der Waals surface area (Å²) in [5, 5.41) is 10.9. The lowest BCUT2D eigenvalue weighted by atomic mass is 10.1. The lowest BCUT2D eigenvalue weighted by molar-refractivity contribution is 0.141. The number of thiophene rings is 1. The van der Waals surface area contributed by atoms with Crippen molar-refractivity contribution in [3.63, 3.8) is 0 Å². The number of hydrogen-bond acceptors (Lipinski definition) is 8. The Labute approximate surface area is 275 Å². The fourth-order valence-corrected chi connectivity index (χ4v) is 5.90. The third-order valence-corrected chi connectivity index (χ3v) is 8.41. The molecule has 1 aliphatic heterocycles. The summed E-state index contributed by atoms with van der Waals surface area (Å²) in [4.78, 5) is 49.8. The molecule has 4 aromatic rings. The molecule has 0 atom stereocenters. The normalized spacial score (nSPS) is 12.7. The van der Waals surface area contributed by atoms with Gasteiger partial charge in [-0.15, -0.1) is 11.3 Å². The summed E-state index contributed by atoms with van der Waals surface area (Å²) < 4.78 is 26.9. The van der Waals surface area contributed by atoms with Crippen LogP contribution in [0.4, 0.5) is 24.5 Å². The van der Waals surface area contributed by atoms with Gasteiger partial charge in [0.15, 0.2) is 11.6 Å². The number of urea groups is 3. The van der Waals surface area contributed by atoms with Gasteiger partial charge in [-0.25, -0.2) is 18.8 Å². The van der Waals surface area contributed by atoms with Crippen LogP contribution in [0.2, 0.25) is 0 Å². The van der Waals surface area contributed by atoms with Crippen molar-refractivity contribution in [3.8, 4) is 22.1 Å². The minimum absolute atomic E-state index is 0.0115. The second kappa shape index (κ2) is 15.5. The molecule has 47 heavy (non-hydrogen) atoms. The largest absolute Gasteiger partial charge is 0.453 e. The number of carbonyl (C=O) groups is 3. The van der Waals surface area contributed by atoms with Gasteiger partial charge in [-0.1, -0.05) is 6.07 Å². The number of hydrogen-bond donors (Lipinski definition) is 4. The molecule has 0 bridgehead atoms. The number of likely N-dealkylation sites (tertiary alicyclic amines) is 1. The van der Waals surface area contributed by atoms with E-state index in [9.17, 15) is 14.4 Å². The molecule has 4 heterocycles. The van der Waals surface area contributed by atoms with E-state index >= 15 is 4.39 Å². The fraction of sp³-hybridized carbons (Fsp3) is 0.344. The molecular weight excluding hydrogens is 627 g/mol. The van der Waals surface area contributed by atoms with Crippen molar-refractivity contribution < 1.29 is 28.2 Å². The van der Waals surface area contributed by atoms with Gasteiger partial charge >= 0.3 is 18.1 Å². The average Bonchev–Trinajstić information content (AvgIpc) is 3.48. The average molecular weight is 665 g/mol. The van der Waals surface area contributed by atoms with Gasteiger partial charge in [0.1, 0.15) is 5.75 Å². The molecule has 0 unspecified atom stereocenters. The van der Waals surface area contributed by atoms with Crippen LogP contribution in [0, 0.1) is 5.82 Å². The molecule has 0 radical (unpaired) electrons. The third-order valence-electron chi connectivity index (χ3n) is 7.25. The summed E-state index contributed by atoms with van der Waals surface area (Å²) in [6.45, 7) is 6.83. The van der Waals surface area contributed by atoms with E-state index in [0.29, 0.717) is 57.1 Å². The number of aromatic nitrogens is 2. The van der Waals surface area contributed by atoms with Crippen molar-refractivity contribution in [1.29, 1.82) is 0 Å². The molecule has 248 valence electrons. The second-order valence-corrected chi connectivity index (χ2v) is 11.8. The maximum Gasteiger partial charge on any atom is 0.319 e. The highest BCUT2D eigenvalue weighted by Crippen LogP contribution is 2.39. The molecule has 1 aliphatic rings. The van der Waals surface area contributed by atoms with Crippen molar-refractivity contribution in [3.05, 3.63) is 66.2 Å². The number of carbonyl (C=O) groups excluding carboxylic acids is 3. The number of methoxy groups -OCH3 is 1. The number of halogens is 1. The number of benzene rings is 1. The first-order chi connectivity index (χ1) is 22.8. The molecule has 0 aliphatic carbocycles. The van der Waals surface area contributed by atoms with Crippen LogP contribution in [0.25, 0.3) is 20.8 Å². The predicted octanol–water partition coefficient (Wildman–Crippen LogP) is 5.00. The molecule has 4 N–H and O–H groups in total. The number of anilines is 1. The van der Waals surface area contributed by atoms with Crippen LogP contribution in [0.1, 0.15) is 19.4 Å². The maximum atomic E-state index is 15.1. The van der Waals surface area contributed by atoms with E-state index < -0.39 is 11.8 Å². The van der Waals surface area contributed by atoms with Crippen LogP contribution >= 0.6 is 11.3 Å². The Hall–Kier alpha value is -5.02. The summed E-state index contributed by atoms with van der Waals surface area (Å²) in [5.41, 5.74) is 2.53. The van der Waals surface area contributed by atoms with Gasteiger partial charge in [-0.2, -0.15) is 0 Å². The molecule has 3 aromatic heterocycles. The van der Waals surface area contributed by atoms with Crippen molar-refractivity contribution in [1.82, 2.24) is 35.7 Å². The SMILES string of the molecule is CCNC(=O)N(CCOC)Cc1ccc(-c2cc3nccc(Oc4ccc(NC(=O)NC5CN(C(=O)NCC)C5)cc4F)c3s2)nc1. The molecule has 1 fully saturated rings. The fourth-order valence-electron chi connectivity index (χ4n) is 4.85. The Morgan fingerprint density at radius 2 is 1.85 bits per heavy atom. The van der Waals surface area contributed by atoms with E-state index in [1.165, 1.54) is 23.5 Å². The highest BCUT2D eigenvalue weighted by atomic mass is 32.1. The Kier molecular flexibility index (Phi) is 11.0. The number of nitrogens with zero attached hydrogens (tertiary/aromatic N) is 4. The van der Waals surface area contributed by atoms with Crippen LogP contribution < -0.4 is 26.0 Å². The number of nitrogens with one attached hydrogen (secondary N) is 4. The first kappa shape index (κ1) is 33.3. The number of fused-ring (bicyclic) bond motifs is 1. The van der Waals surface area contributed by atoms with Crippen LogP contribution in [0.15, 0.2) is 54.9 Å². The Morgan fingerprint density at radius 3 is 2.55 bits per heavy atom. The molecule has 15 heteroatoms. The van der Waals surface area contributed by atoms with E-state index in [1.807, 2.05) is 32.0 Å². The molecule has 0 spiro atoms. The van der Waals surface area contributed by atoms with Gasteiger partial charge in [-0.05, 0) is 43.7 Å². The van der Waals surface area contributed by atoms with Gasteiger partial charge in [0.05, 0.1) is 33.4 Å². The summed E-state index contributed by atoms with van der Waals surface area (Å²) in [5.74, 6) is -0.236. The molecule has 6 amide bonds. The van der Waals surface area contributed by atoms with Gasteiger partial charge in [0.25, 0.3) is 0 Å². The smallest absolute Gasteiger partial charge is 0.319 e. The molecule has 1 aromatic carbocycles. The van der Waals surface area contributed by atoms with Crippen molar-refractivity contribution in [2.45, 2.75) is 26.4 Å². The van der Waals surface area contributed by atoms with Gasteiger partial charge < -0.3 is 40.5 Å².